The van der Waals surface area contributed by atoms with Crippen molar-refractivity contribution in [2.45, 2.75) is 6.61 Å². The minimum absolute atomic E-state index is 0.0206. The summed E-state index contributed by atoms with van der Waals surface area (Å²) < 4.78 is 5.00. The molecule has 0 fully saturated rings. The Labute approximate surface area is 93.1 Å². The van der Waals surface area contributed by atoms with Gasteiger partial charge in [-0.05, 0) is 11.4 Å². The Morgan fingerprint density at radius 3 is 3.00 bits per heavy atom. The van der Waals surface area contributed by atoms with Gasteiger partial charge in [0.1, 0.15) is 0 Å². The van der Waals surface area contributed by atoms with Gasteiger partial charge >= 0.3 is 0 Å². The van der Waals surface area contributed by atoms with Gasteiger partial charge < -0.3 is 14.7 Å². The molecule has 0 aliphatic rings. The number of thiophene rings is 1. The van der Waals surface area contributed by atoms with Crippen molar-refractivity contribution in [1.29, 1.82) is 0 Å². The van der Waals surface area contributed by atoms with Gasteiger partial charge in [0.2, 0.25) is 0 Å². The SMILES string of the molecule is COCc1ccsc1C(=O)N(C)CCO. The molecule has 0 aliphatic carbocycles. The van der Waals surface area contributed by atoms with Crippen LogP contribution in [0.25, 0.3) is 0 Å². The smallest absolute Gasteiger partial charge is 0.264 e. The minimum atomic E-state index is -0.0638. The number of amides is 1. The quantitative estimate of drug-likeness (QED) is 0.818. The topological polar surface area (TPSA) is 49.8 Å². The highest BCUT2D eigenvalue weighted by Crippen LogP contribution is 2.19. The molecule has 0 unspecified atom stereocenters. The summed E-state index contributed by atoms with van der Waals surface area (Å²) in [4.78, 5) is 14.1. The maximum atomic E-state index is 11.9. The van der Waals surface area contributed by atoms with Gasteiger partial charge in [0.15, 0.2) is 0 Å². The second kappa shape index (κ2) is 5.85. The zero-order valence-electron chi connectivity index (χ0n) is 8.90. The van der Waals surface area contributed by atoms with Crippen molar-refractivity contribution in [3.63, 3.8) is 0 Å². The molecule has 1 amide bonds. The van der Waals surface area contributed by atoms with Crippen molar-refractivity contribution in [2.75, 3.05) is 27.3 Å². The van der Waals surface area contributed by atoms with Crippen LogP contribution in [0.4, 0.5) is 0 Å². The second-order valence-corrected chi connectivity index (χ2v) is 4.07. The summed E-state index contributed by atoms with van der Waals surface area (Å²) in [5, 5.41) is 10.6. The van der Waals surface area contributed by atoms with Crippen LogP contribution in [0.1, 0.15) is 15.2 Å². The van der Waals surface area contributed by atoms with E-state index in [1.165, 1.54) is 16.2 Å². The van der Waals surface area contributed by atoms with E-state index in [1.807, 2.05) is 11.4 Å². The van der Waals surface area contributed by atoms with E-state index < -0.39 is 0 Å². The zero-order valence-corrected chi connectivity index (χ0v) is 9.71. The van der Waals surface area contributed by atoms with Gasteiger partial charge in [-0.1, -0.05) is 0 Å². The first kappa shape index (κ1) is 12.2. The van der Waals surface area contributed by atoms with Crippen molar-refractivity contribution in [1.82, 2.24) is 4.90 Å². The van der Waals surface area contributed by atoms with Gasteiger partial charge in [-0.3, -0.25) is 4.79 Å². The van der Waals surface area contributed by atoms with Gasteiger partial charge in [0, 0.05) is 26.3 Å². The van der Waals surface area contributed by atoms with Gasteiger partial charge in [-0.2, -0.15) is 0 Å². The van der Waals surface area contributed by atoms with Crippen LogP contribution >= 0.6 is 11.3 Å². The highest BCUT2D eigenvalue weighted by molar-refractivity contribution is 7.12. The summed E-state index contributed by atoms with van der Waals surface area (Å²) in [6.45, 7) is 0.772. The lowest BCUT2D eigenvalue weighted by Crippen LogP contribution is -2.29. The predicted molar refractivity (Wildman–Crippen MR) is 59.1 cm³/mol. The number of hydrogen-bond donors (Lipinski definition) is 1. The third kappa shape index (κ3) is 3.02. The molecular formula is C10H15NO3S. The Balaban J connectivity index is 2.76. The molecule has 0 atom stereocenters. The van der Waals surface area contributed by atoms with E-state index in [0.717, 1.165) is 5.56 Å². The number of carbonyl (C=O) groups excluding carboxylic acids is 1. The fraction of sp³-hybridized carbons (Fsp3) is 0.500. The van der Waals surface area contributed by atoms with Crippen LogP contribution in [0.2, 0.25) is 0 Å². The van der Waals surface area contributed by atoms with Crippen LogP contribution in [0.15, 0.2) is 11.4 Å². The Morgan fingerprint density at radius 1 is 1.67 bits per heavy atom. The van der Waals surface area contributed by atoms with E-state index in [-0.39, 0.29) is 12.5 Å². The van der Waals surface area contributed by atoms with E-state index in [4.69, 9.17) is 9.84 Å². The van der Waals surface area contributed by atoms with E-state index in [1.54, 1.807) is 14.2 Å². The molecule has 1 heterocycles. The monoisotopic (exact) mass is 229 g/mol. The van der Waals surface area contributed by atoms with Crippen LogP contribution in [0.3, 0.4) is 0 Å². The third-order valence-electron chi connectivity index (χ3n) is 2.02. The Kier molecular flexibility index (Phi) is 4.74. The average Bonchev–Trinajstić information content (AvgIpc) is 2.66. The predicted octanol–water partition coefficient (Wildman–Crippen LogP) is 0.959. The van der Waals surface area contributed by atoms with Crippen LogP contribution in [0.5, 0.6) is 0 Å². The summed E-state index contributed by atoms with van der Waals surface area (Å²) in [5.74, 6) is -0.0638. The fourth-order valence-corrected chi connectivity index (χ4v) is 2.12. The van der Waals surface area contributed by atoms with E-state index in [2.05, 4.69) is 0 Å². The molecule has 1 N–H and O–H groups in total. The lowest BCUT2D eigenvalue weighted by atomic mass is 10.2. The maximum absolute atomic E-state index is 11.9. The molecule has 15 heavy (non-hydrogen) atoms. The molecular weight excluding hydrogens is 214 g/mol. The van der Waals surface area contributed by atoms with Crippen molar-refractivity contribution >= 4 is 17.2 Å². The van der Waals surface area contributed by atoms with E-state index in [9.17, 15) is 4.79 Å². The highest BCUT2D eigenvalue weighted by Gasteiger charge is 2.16. The van der Waals surface area contributed by atoms with E-state index in [0.29, 0.717) is 18.0 Å². The average molecular weight is 229 g/mol. The van der Waals surface area contributed by atoms with Crippen LogP contribution in [-0.4, -0.2) is 43.2 Å². The molecule has 84 valence electrons. The molecule has 5 heteroatoms. The minimum Gasteiger partial charge on any atom is -0.395 e. The van der Waals surface area contributed by atoms with Gasteiger partial charge in [-0.25, -0.2) is 0 Å². The third-order valence-corrected chi connectivity index (χ3v) is 2.97. The largest absolute Gasteiger partial charge is 0.395 e. The number of aliphatic hydroxyl groups excluding tert-OH is 1. The van der Waals surface area contributed by atoms with Crippen LogP contribution < -0.4 is 0 Å². The first-order valence-corrected chi connectivity index (χ1v) is 5.50. The van der Waals surface area contributed by atoms with Crippen molar-refractivity contribution in [2.24, 2.45) is 0 Å². The molecule has 1 rings (SSSR count). The Hall–Kier alpha value is -0.910. The second-order valence-electron chi connectivity index (χ2n) is 3.16. The molecule has 1 aromatic rings. The highest BCUT2D eigenvalue weighted by atomic mass is 32.1. The molecule has 0 bridgehead atoms. The first-order valence-electron chi connectivity index (χ1n) is 4.62. The molecule has 0 saturated carbocycles. The van der Waals surface area contributed by atoms with Crippen molar-refractivity contribution in [3.05, 3.63) is 21.9 Å². The maximum Gasteiger partial charge on any atom is 0.264 e. The van der Waals surface area contributed by atoms with Gasteiger partial charge in [0.25, 0.3) is 5.91 Å². The van der Waals surface area contributed by atoms with Crippen LogP contribution in [-0.2, 0) is 11.3 Å². The Morgan fingerprint density at radius 2 is 2.40 bits per heavy atom. The Bertz CT molecular complexity index is 324. The standard InChI is InChI=1S/C10H15NO3S/c1-11(4-5-12)10(13)9-8(7-14-2)3-6-15-9/h3,6,12H,4-5,7H2,1-2H3. The summed E-state index contributed by atoms with van der Waals surface area (Å²) in [6, 6.07) is 1.88. The number of ether oxygens (including phenoxy) is 1. The number of aliphatic hydroxyl groups is 1. The molecule has 4 nitrogen and oxygen atoms in total. The zero-order chi connectivity index (χ0) is 11.3. The van der Waals surface area contributed by atoms with Gasteiger partial charge in [0.05, 0.1) is 18.1 Å². The van der Waals surface area contributed by atoms with E-state index >= 15 is 0 Å². The normalized spacial score (nSPS) is 10.3. The summed E-state index contributed by atoms with van der Waals surface area (Å²) in [7, 11) is 3.28. The molecule has 0 aromatic carbocycles. The van der Waals surface area contributed by atoms with Gasteiger partial charge in [-0.15, -0.1) is 11.3 Å². The number of carbonyl (C=O) groups is 1. The van der Waals surface area contributed by atoms with Crippen molar-refractivity contribution in [3.8, 4) is 0 Å². The molecule has 0 aliphatic heterocycles. The summed E-state index contributed by atoms with van der Waals surface area (Å²) >= 11 is 1.40. The summed E-state index contributed by atoms with van der Waals surface area (Å²) in [5.41, 5.74) is 0.900. The number of rotatable bonds is 5. The number of likely N-dealkylation sites (N-methyl/N-ethyl adjacent to an activating group) is 1. The molecule has 1 aromatic heterocycles. The molecule has 0 radical (unpaired) electrons. The number of nitrogens with zero attached hydrogens (tertiary/aromatic N) is 1. The van der Waals surface area contributed by atoms with Crippen molar-refractivity contribution < 1.29 is 14.6 Å². The first-order chi connectivity index (χ1) is 7.20. The fourth-order valence-electron chi connectivity index (χ4n) is 1.22. The number of methoxy groups -OCH3 is 1. The number of hydrogen-bond acceptors (Lipinski definition) is 4. The summed E-state index contributed by atoms with van der Waals surface area (Å²) in [6.07, 6.45) is 0. The molecule has 0 saturated heterocycles. The van der Waals surface area contributed by atoms with Crippen LogP contribution in [0, 0.1) is 0 Å². The lowest BCUT2D eigenvalue weighted by molar-refractivity contribution is 0.0767. The molecule has 0 spiro atoms. The lowest BCUT2D eigenvalue weighted by Gasteiger charge is -2.15.